The van der Waals surface area contributed by atoms with Crippen LogP contribution < -0.4 is 4.74 Å². The van der Waals surface area contributed by atoms with Crippen molar-refractivity contribution in [3.63, 3.8) is 0 Å². The number of nitrogens with zero attached hydrogens (tertiary/aromatic N) is 2. The zero-order valence-corrected chi connectivity index (χ0v) is 16.0. The highest BCUT2D eigenvalue weighted by atomic mass is 32.1. The molecule has 138 valence electrons. The molecule has 0 bridgehead atoms. The quantitative estimate of drug-likeness (QED) is 0.373. The number of ether oxygens (including phenoxy) is 2. The van der Waals surface area contributed by atoms with Gasteiger partial charge in [-0.3, -0.25) is 10.2 Å². The number of carbonyl (C=O) groups excluding carboxylic acids is 1. The number of methoxy groups -OCH3 is 1. The highest BCUT2D eigenvalue weighted by molar-refractivity contribution is 7.72. The lowest BCUT2D eigenvalue weighted by molar-refractivity contribution is 0.0600. The van der Waals surface area contributed by atoms with Gasteiger partial charge in [-0.05, 0) is 54.3 Å². The number of para-hydroxylation sites is 1. The Balaban J connectivity index is 1.74. The number of hydrogen-bond donors (Lipinski definition) is 2. The van der Waals surface area contributed by atoms with Crippen LogP contribution in [0.25, 0.3) is 0 Å². The third-order valence-corrected chi connectivity index (χ3v) is 4.21. The number of aromatic amines is 2. The summed E-state index contributed by atoms with van der Waals surface area (Å²) in [5, 5.41) is 9.72. The van der Waals surface area contributed by atoms with Crippen LogP contribution in [0.15, 0.2) is 53.6 Å². The van der Waals surface area contributed by atoms with E-state index >= 15 is 0 Å². The second-order valence-corrected chi connectivity index (χ2v) is 6.21. The average Bonchev–Trinajstić information content (AvgIpc) is 3.02. The maximum Gasteiger partial charge on any atom is 0.337 e. The van der Waals surface area contributed by atoms with Crippen LogP contribution in [0.2, 0.25) is 0 Å². The number of H-pyrrole nitrogens is 2. The van der Waals surface area contributed by atoms with E-state index < -0.39 is 0 Å². The molecule has 3 aromatic rings. The predicted octanol–water partition coefficient (Wildman–Crippen LogP) is 3.85. The second kappa shape index (κ2) is 8.56. The molecule has 0 aliphatic heterocycles. The van der Waals surface area contributed by atoms with Crippen molar-refractivity contribution in [3.8, 4) is 5.75 Å². The van der Waals surface area contributed by atoms with Gasteiger partial charge < -0.3 is 9.47 Å². The van der Waals surface area contributed by atoms with E-state index in [-0.39, 0.29) is 5.97 Å². The van der Waals surface area contributed by atoms with E-state index in [1.54, 1.807) is 18.3 Å². The number of hydrogen-bond acceptors (Lipinski definition) is 6. The standard InChI is InChI=1S/C18H16N4O3S2/c1-24-16(23)13-8-6-12(7-9-13)11-25-15-5-3-2-4-14(15)10-19-22-17(26)20-21-18(22)27/h2-10H,11H2,1H3,(H,20,26)(H,21,27)/b19-10-. The van der Waals surface area contributed by atoms with Crippen molar-refractivity contribution in [2.45, 2.75) is 6.61 Å². The molecule has 0 amide bonds. The highest BCUT2D eigenvalue weighted by Gasteiger charge is 2.06. The summed E-state index contributed by atoms with van der Waals surface area (Å²) in [7, 11) is 1.35. The van der Waals surface area contributed by atoms with Crippen LogP contribution in [0.5, 0.6) is 5.75 Å². The summed E-state index contributed by atoms with van der Waals surface area (Å²) in [4.78, 5) is 11.5. The molecule has 0 radical (unpaired) electrons. The molecule has 2 N–H and O–H groups in total. The van der Waals surface area contributed by atoms with Gasteiger partial charge in [-0.25, -0.2) is 4.79 Å². The van der Waals surface area contributed by atoms with E-state index in [1.165, 1.54) is 11.8 Å². The molecular formula is C18H16N4O3S2. The fraction of sp³-hybridized carbons (Fsp3) is 0.111. The summed E-state index contributed by atoms with van der Waals surface area (Å²) in [6, 6.07) is 14.5. The Bertz CT molecular complexity index is 1050. The maximum atomic E-state index is 11.5. The summed E-state index contributed by atoms with van der Waals surface area (Å²) in [5.41, 5.74) is 2.19. The Labute approximate surface area is 165 Å². The van der Waals surface area contributed by atoms with Crippen molar-refractivity contribution in [2.75, 3.05) is 7.11 Å². The van der Waals surface area contributed by atoms with Crippen LogP contribution >= 0.6 is 24.4 Å². The van der Waals surface area contributed by atoms with Gasteiger partial charge in [0.2, 0.25) is 9.54 Å². The smallest absolute Gasteiger partial charge is 0.337 e. The number of benzene rings is 2. The van der Waals surface area contributed by atoms with Crippen LogP contribution in [0, 0.1) is 9.54 Å². The first-order valence-corrected chi connectivity index (χ1v) is 8.73. The largest absolute Gasteiger partial charge is 0.488 e. The minimum Gasteiger partial charge on any atom is -0.488 e. The molecule has 0 fully saturated rings. The molecule has 9 heteroatoms. The van der Waals surface area contributed by atoms with Crippen LogP contribution in [0.1, 0.15) is 21.5 Å². The number of aromatic nitrogens is 3. The zero-order chi connectivity index (χ0) is 19.2. The van der Waals surface area contributed by atoms with Gasteiger partial charge in [0, 0.05) is 5.56 Å². The van der Waals surface area contributed by atoms with Crippen LogP contribution in [-0.2, 0) is 11.3 Å². The Morgan fingerprint density at radius 2 is 1.78 bits per heavy atom. The molecule has 0 unspecified atom stereocenters. The molecule has 0 atom stereocenters. The Morgan fingerprint density at radius 3 is 2.44 bits per heavy atom. The Kier molecular flexibility index (Phi) is 5.94. The molecule has 2 aromatic carbocycles. The van der Waals surface area contributed by atoms with Crippen molar-refractivity contribution < 1.29 is 14.3 Å². The molecule has 1 aromatic heterocycles. The van der Waals surface area contributed by atoms with Crippen molar-refractivity contribution in [1.82, 2.24) is 14.9 Å². The number of carbonyl (C=O) groups is 1. The first-order chi connectivity index (χ1) is 13.1. The highest BCUT2D eigenvalue weighted by Crippen LogP contribution is 2.18. The maximum absolute atomic E-state index is 11.5. The third kappa shape index (κ3) is 4.57. The van der Waals surface area contributed by atoms with Crippen molar-refractivity contribution in [2.24, 2.45) is 5.10 Å². The van der Waals surface area contributed by atoms with Gasteiger partial charge in [0.25, 0.3) is 0 Å². The SMILES string of the molecule is COC(=O)c1ccc(COc2ccccc2/C=N\n2c(=S)[nH][nH]c2=S)cc1. The first-order valence-electron chi connectivity index (χ1n) is 7.91. The summed E-state index contributed by atoms with van der Waals surface area (Å²) in [5.74, 6) is 0.293. The normalized spacial score (nSPS) is 10.9. The second-order valence-electron chi connectivity index (χ2n) is 5.43. The van der Waals surface area contributed by atoms with Crippen LogP contribution in [0.3, 0.4) is 0 Å². The van der Waals surface area contributed by atoms with E-state index in [4.69, 9.17) is 29.2 Å². The molecule has 0 saturated heterocycles. The van der Waals surface area contributed by atoms with Gasteiger partial charge >= 0.3 is 5.97 Å². The minimum atomic E-state index is -0.370. The van der Waals surface area contributed by atoms with Crippen LogP contribution in [-0.4, -0.2) is 34.2 Å². The summed E-state index contributed by atoms with van der Waals surface area (Å²) in [6.07, 6.45) is 1.63. The molecule has 7 nitrogen and oxygen atoms in total. The molecule has 0 spiro atoms. The number of esters is 1. The zero-order valence-electron chi connectivity index (χ0n) is 14.3. The van der Waals surface area contributed by atoms with Crippen LogP contribution in [0.4, 0.5) is 0 Å². The molecule has 0 aliphatic carbocycles. The fourth-order valence-electron chi connectivity index (χ4n) is 2.26. The van der Waals surface area contributed by atoms with Crippen molar-refractivity contribution >= 4 is 36.6 Å². The van der Waals surface area contributed by atoms with E-state index in [0.29, 0.717) is 27.5 Å². The predicted molar refractivity (Wildman–Crippen MR) is 106 cm³/mol. The summed E-state index contributed by atoms with van der Waals surface area (Å²) < 4.78 is 12.7. The molecule has 0 saturated carbocycles. The van der Waals surface area contributed by atoms with Gasteiger partial charge in [-0.15, -0.1) is 0 Å². The van der Waals surface area contributed by atoms with E-state index in [2.05, 4.69) is 20.0 Å². The van der Waals surface area contributed by atoms with Gasteiger partial charge in [0.1, 0.15) is 12.4 Å². The lowest BCUT2D eigenvalue weighted by Crippen LogP contribution is -2.02. The van der Waals surface area contributed by atoms with Gasteiger partial charge in [0.05, 0.1) is 18.9 Å². The number of nitrogens with one attached hydrogen (secondary N) is 2. The molecule has 0 aliphatic rings. The number of rotatable bonds is 6. The molecular weight excluding hydrogens is 384 g/mol. The average molecular weight is 400 g/mol. The van der Waals surface area contributed by atoms with Gasteiger partial charge in [-0.1, -0.05) is 24.3 Å². The van der Waals surface area contributed by atoms with E-state index in [9.17, 15) is 4.79 Å². The Morgan fingerprint density at radius 1 is 1.11 bits per heavy atom. The third-order valence-electron chi connectivity index (χ3n) is 3.66. The van der Waals surface area contributed by atoms with Gasteiger partial charge in [-0.2, -0.15) is 9.78 Å². The van der Waals surface area contributed by atoms with E-state index in [1.807, 2.05) is 36.4 Å². The first kappa shape index (κ1) is 18.7. The lowest BCUT2D eigenvalue weighted by atomic mass is 10.1. The molecule has 3 rings (SSSR count). The Hall–Kier alpha value is -3.04. The topological polar surface area (TPSA) is 84.4 Å². The molecule has 27 heavy (non-hydrogen) atoms. The monoisotopic (exact) mass is 400 g/mol. The lowest BCUT2D eigenvalue weighted by Gasteiger charge is -2.09. The van der Waals surface area contributed by atoms with Crippen molar-refractivity contribution in [3.05, 3.63) is 74.8 Å². The van der Waals surface area contributed by atoms with Crippen molar-refractivity contribution in [1.29, 1.82) is 0 Å². The minimum absolute atomic E-state index is 0.343. The van der Waals surface area contributed by atoms with Gasteiger partial charge in [0.15, 0.2) is 0 Å². The molecule has 1 heterocycles. The summed E-state index contributed by atoms with van der Waals surface area (Å²) in [6.45, 7) is 0.343. The van der Waals surface area contributed by atoms with E-state index in [0.717, 1.165) is 11.1 Å². The summed E-state index contributed by atoms with van der Waals surface area (Å²) >= 11 is 10.2. The fourth-order valence-corrected chi connectivity index (χ4v) is 2.70.